The monoisotopic (exact) mass is 439 g/mol. The molecule has 3 nitrogen and oxygen atoms in total. The molecule has 7 heteroatoms. The number of aryl methyl sites for hydroxylation is 1. The van der Waals surface area contributed by atoms with Crippen molar-refractivity contribution < 1.29 is 8.78 Å². The molecule has 0 saturated heterocycles. The van der Waals surface area contributed by atoms with Crippen LogP contribution in [0.15, 0.2) is 23.1 Å². The van der Waals surface area contributed by atoms with Crippen LogP contribution in [0.1, 0.15) is 43.4 Å². The van der Waals surface area contributed by atoms with Crippen molar-refractivity contribution in [2.45, 2.75) is 33.1 Å². The number of nitrogens with two attached hydrogens (primary N) is 1. The summed E-state index contributed by atoms with van der Waals surface area (Å²) in [6.45, 7) is 4.83. The van der Waals surface area contributed by atoms with E-state index in [9.17, 15) is 8.78 Å². The van der Waals surface area contributed by atoms with E-state index in [0.29, 0.717) is 17.5 Å². The molecular weight excluding hydrogens is 418 g/mol. The van der Waals surface area contributed by atoms with Crippen molar-refractivity contribution in [3.8, 4) is 0 Å². The summed E-state index contributed by atoms with van der Waals surface area (Å²) in [5.41, 5.74) is 8.45. The van der Waals surface area contributed by atoms with Gasteiger partial charge in [0.25, 0.3) is 6.43 Å². The molecule has 22 heavy (non-hydrogen) atoms. The van der Waals surface area contributed by atoms with Crippen molar-refractivity contribution >= 4 is 45.9 Å². The normalized spacial score (nSPS) is 14.9. The Bertz CT molecular complexity index is 548. The van der Waals surface area contributed by atoms with Crippen LogP contribution in [0.2, 0.25) is 0 Å². The first kappa shape index (κ1) is 19.3. The average Bonchev–Trinajstić information content (AvgIpc) is 2.56. The summed E-state index contributed by atoms with van der Waals surface area (Å²) in [7, 11) is 0. The number of allylic oxidation sites excluding steroid dienone is 1. The van der Waals surface area contributed by atoms with Gasteiger partial charge >= 0.3 is 0 Å². The van der Waals surface area contributed by atoms with Crippen molar-refractivity contribution in [1.29, 1.82) is 0 Å². The number of hydrogen-bond donors (Lipinski definition) is 2. The fraction of sp³-hybridized carbons (Fsp3) is 0.400. The van der Waals surface area contributed by atoms with E-state index < -0.39 is 6.43 Å². The maximum atomic E-state index is 13.3. The van der Waals surface area contributed by atoms with E-state index in [2.05, 4.69) is 32.1 Å². The summed E-state index contributed by atoms with van der Waals surface area (Å²) in [6.07, 6.45) is 2.60. The standard InChI is InChI=1S/C13H15F2IN3P.C2H6/c14-13(15)11-5-12-8(2-1-3-18-12)4-10(11)9(6-17)7-19-20-16;1-2/h4-7,13,18,20H,1-3,17H2;1-2H3/b9-6+,19-7+;. The first-order chi connectivity index (χ1) is 10.7. The Kier molecular flexibility index (Phi) is 8.86. The number of nitrogens with one attached hydrogen (secondary N) is 1. The van der Waals surface area contributed by atoms with E-state index in [0.717, 1.165) is 30.6 Å². The molecule has 0 fully saturated rings. The van der Waals surface area contributed by atoms with Gasteiger partial charge in [0, 0.05) is 35.8 Å². The van der Waals surface area contributed by atoms with Gasteiger partial charge in [0.2, 0.25) is 0 Å². The minimum Gasteiger partial charge on any atom is -0.404 e. The van der Waals surface area contributed by atoms with Gasteiger partial charge in [-0.05, 0) is 58.1 Å². The van der Waals surface area contributed by atoms with Gasteiger partial charge in [0.15, 0.2) is 0 Å². The quantitative estimate of drug-likeness (QED) is 0.379. The Morgan fingerprint density at radius 1 is 1.45 bits per heavy atom. The molecule has 0 radical (unpaired) electrons. The van der Waals surface area contributed by atoms with Crippen LogP contribution in [0.5, 0.6) is 0 Å². The molecule has 0 saturated carbocycles. The SMILES string of the molecule is CC.N/C=C(\C=N\PI)c1cc2c(cc1C(F)F)NCCC2. The van der Waals surface area contributed by atoms with Gasteiger partial charge in [0.05, 0.1) is 6.37 Å². The zero-order valence-electron chi connectivity index (χ0n) is 12.7. The van der Waals surface area contributed by atoms with Gasteiger partial charge < -0.3 is 11.1 Å². The molecule has 1 unspecified atom stereocenters. The fourth-order valence-corrected chi connectivity index (χ4v) is 2.87. The van der Waals surface area contributed by atoms with Crippen LogP contribution < -0.4 is 11.1 Å². The number of hydrogen-bond acceptors (Lipinski definition) is 3. The van der Waals surface area contributed by atoms with E-state index >= 15 is 0 Å². The predicted octanol–water partition coefficient (Wildman–Crippen LogP) is 5.32. The summed E-state index contributed by atoms with van der Waals surface area (Å²) in [5.74, 6) is 0. The van der Waals surface area contributed by atoms with E-state index in [1.165, 1.54) is 12.3 Å². The Labute approximate surface area is 145 Å². The molecule has 1 aliphatic heterocycles. The number of rotatable bonds is 4. The maximum absolute atomic E-state index is 13.3. The lowest BCUT2D eigenvalue weighted by molar-refractivity contribution is 0.151. The third kappa shape index (κ3) is 4.88. The minimum absolute atomic E-state index is 0.00177. The summed E-state index contributed by atoms with van der Waals surface area (Å²) >= 11 is 2.12. The second-order valence-electron chi connectivity index (χ2n) is 4.39. The summed E-state index contributed by atoms with van der Waals surface area (Å²) in [4.78, 5) is 0. The molecular formula is C15H21F2IN3P. The molecule has 1 aromatic carbocycles. The third-order valence-electron chi connectivity index (χ3n) is 3.19. The average molecular weight is 439 g/mol. The van der Waals surface area contributed by atoms with Crippen LogP contribution in [-0.4, -0.2) is 12.8 Å². The molecule has 0 amide bonds. The first-order valence-electron chi connectivity index (χ1n) is 7.17. The Morgan fingerprint density at radius 3 is 2.77 bits per heavy atom. The maximum Gasteiger partial charge on any atom is 0.264 e. The highest BCUT2D eigenvalue weighted by molar-refractivity contribution is 14.2. The molecule has 0 spiro atoms. The first-order valence-corrected chi connectivity index (χ1v) is 11.2. The zero-order chi connectivity index (χ0) is 16.5. The summed E-state index contributed by atoms with van der Waals surface area (Å²) < 4.78 is 30.7. The van der Waals surface area contributed by atoms with Crippen LogP contribution in [0.3, 0.4) is 0 Å². The van der Waals surface area contributed by atoms with Crippen LogP contribution in [0.4, 0.5) is 14.5 Å². The molecule has 1 aromatic rings. The predicted molar refractivity (Wildman–Crippen MR) is 103 cm³/mol. The highest BCUT2D eigenvalue weighted by atomic mass is 127. The molecule has 122 valence electrons. The van der Waals surface area contributed by atoms with Gasteiger partial charge in [-0.1, -0.05) is 13.8 Å². The van der Waals surface area contributed by atoms with Gasteiger partial charge in [-0.3, -0.25) is 4.76 Å². The summed E-state index contributed by atoms with van der Waals surface area (Å²) in [6, 6.07) is 3.35. The minimum atomic E-state index is -2.54. The highest BCUT2D eigenvalue weighted by Gasteiger charge is 2.20. The number of fused-ring (bicyclic) bond motifs is 1. The van der Waals surface area contributed by atoms with E-state index in [1.54, 1.807) is 6.21 Å². The van der Waals surface area contributed by atoms with E-state index in [4.69, 9.17) is 5.73 Å². The van der Waals surface area contributed by atoms with Crippen molar-refractivity contribution in [3.63, 3.8) is 0 Å². The van der Waals surface area contributed by atoms with Gasteiger partial charge in [-0.15, -0.1) is 0 Å². The molecule has 1 atom stereocenters. The Balaban J connectivity index is 0.00000116. The topological polar surface area (TPSA) is 50.4 Å². The van der Waals surface area contributed by atoms with Gasteiger partial charge in [-0.2, -0.15) is 0 Å². The lowest BCUT2D eigenvalue weighted by Crippen LogP contribution is -2.13. The molecule has 0 bridgehead atoms. The van der Waals surface area contributed by atoms with Gasteiger partial charge in [0.1, 0.15) is 0 Å². The van der Waals surface area contributed by atoms with Crippen LogP contribution >= 0.6 is 28.4 Å². The van der Waals surface area contributed by atoms with E-state index in [1.807, 2.05) is 19.9 Å². The van der Waals surface area contributed by atoms with Crippen molar-refractivity contribution in [3.05, 3.63) is 35.0 Å². The van der Waals surface area contributed by atoms with Crippen molar-refractivity contribution in [1.82, 2.24) is 0 Å². The van der Waals surface area contributed by atoms with E-state index in [-0.39, 0.29) is 5.56 Å². The zero-order valence-corrected chi connectivity index (χ0v) is 15.8. The number of nitrogens with zero attached hydrogens (tertiary/aromatic N) is 1. The number of benzene rings is 1. The molecule has 1 aliphatic rings. The van der Waals surface area contributed by atoms with Crippen molar-refractivity contribution in [2.24, 2.45) is 10.5 Å². The number of alkyl halides is 2. The number of anilines is 1. The lowest BCUT2D eigenvalue weighted by Gasteiger charge is -2.21. The molecule has 1 heterocycles. The van der Waals surface area contributed by atoms with Crippen LogP contribution in [-0.2, 0) is 6.42 Å². The largest absolute Gasteiger partial charge is 0.404 e. The van der Waals surface area contributed by atoms with Gasteiger partial charge in [-0.25, -0.2) is 8.78 Å². The second-order valence-corrected chi connectivity index (χ2v) is 6.27. The fourth-order valence-electron chi connectivity index (χ4n) is 2.26. The third-order valence-corrected chi connectivity index (χ3v) is 4.25. The lowest BCUT2D eigenvalue weighted by atomic mass is 9.93. The smallest absolute Gasteiger partial charge is 0.264 e. The highest BCUT2D eigenvalue weighted by Crippen LogP contribution is 2.34. The molecule has 0 aromatic heterocycles. The molecule has 0 aliphatic carbocycles. The Hall–Kier alpha value is -0.750. The van der Waals surface area contributed by atoms with Crippen LogP contribution in [0, 0.1) is 0 Å². The van der Waals surface area contributed by atoms with Crippen LogP contribution in [0.25, 0.3) is 5.57 Å². The number of halogens is 3. The summed E-state index contributed by atoms with van der Waals surface area (Å²) in [5, 5.41) is 3.17. The molecule has 3 N–H and O–H groups in total. The second kappa shape index (κ2) is 10.1. The molecule has 2 rings (SSSR count). The van der Waals surface area contributed by atoms with Crippen molar-refractivity contribution in [2.75, 3.05) is 11.9 Å². The Morgan fingerprint density at radius 2 is 2.18 bits per heavy atom.